The van der Waals surface area contributed by atoms with Crippen LogP contribution in [0.2, 0.25) is 0 Å². The molecule has 2 aromatic heterocycles. The molecule has 0 unspecified atom stereocenters. The molecular formula is C29H26F3N5O4. The van der Waals surface area contributed by atoms with E-state index in [4.69, 9.17) is 4.74 Å². The number of aromatic nitrogens is 3. The molecule has 41 heavy (non-hydrogen) atoms. The Morgan fingerprint density at radius 2 is 1.78 bits per heavy atom. The van der Waals surface area contributed by atoms with Crippen LogP contribution in [-0.2, 0) is 12.7 Å². The molecule has 0 aliphatic carbocycles. The van der Waals surface area contributed by atoms with Crippen molar-refractivity contribution in [3.05, 3.63) is 101 Å². The molecule has 2 N–H and O–H groups in total. The Kier molecular flexibility index (Phi) is 8.51. The topological polar surface area (TPSA) is 118 Å². The molecule has 1 amide bonds. The zero-order chi connectivity index (χ0) is 29.7. The molecule has 0 fully saturated rings. The normalized spacial score (nSPS) is 11.3. The summed E-state index contributed by atoms with van der Waals surface area (Å²) in [7, 11) is 0. The lowest BCUT2D eigenvalue weighted by Gasteiger charge is -2.28. The number of aryl methyl sites for hydroxylation is 1. The van der Waals surface area contributed by atoms with Gasteiger partial charge in [0.05, 0.1) is 11.3 Å². The van der Waals surface area contributed by atoms with Gasteiger partial charge in [0.15, 0.2) is 0 Å². The predicted octanol–water partition coefficient (Wildman–Crippen LogP) is 6.36. The Hall–Kier alpha value is -5.00. The zero-order valence-corrected chi connectivity index (χ0v) is 22.3. The number of amides is 1. The number of carboxylic acid groups (broad SMARTS) is 1. The summed E-state index contributed by atoms with van der Waals surface area (Å²) in [5.74, 6) is -2.33. The number of pyridine rings is 1. The summed E-state index contributed by atoms with van der Waals surface area (Å²) in [6.07, 6.45) is -0.807. The third-order valence-corrected chi connectivity index (χ3v) is 5.97. The van der Waals surface area contributed by atoms with Crippen LogP contribution in [0, 0.1) is 6.92 Å². The Balaban J connectivity index is 1.65. The Bertz CT molecular complexity index is 1540. The molecule has 9 nitrogen and oxygen atoms in total. The molecule has 4 aromatic rings. The number of carbonyl (C=O) groups is 2. The van der Waals surface area contributed by atoms with Crippen molar-refractivity contribution in [3.63, 3.8) is 0 Å². The van der Waals surface area contributed by atoms with Crippen LogP contribution in [0.1, 0.15) is 51.3 Å². The monoisotopic (exact) mass is 565 g/mol. The fourth-order valence-electron chi connectivity index (χ4n) is 3.99. The van der Waals surface area contributed by atoms with Gasteiger partial charge >= 0.3 is 12.1 Å². The fraction of sp³-hybridized carbons (Fsp3) is 0.207. The van der Waals surface area contributed by atoms with Crippen molar-refractivity contribution < 1.29 is 32.6 Å². The van der Waals surface area contributed by atoms with Crippen LogP contribution in [0.15, 0.2) is 73.3 Å². The van der Waals surface area contributed by atoms with Crippen molar-refractivity contribution in [2.45, 2.75) is 39.5 Å². The first-order valence-electron chi connectivity index (χ1n) is 12.5. The summed E-state index contributed by atoms with van der Waals surface area (Å²) < 4.78 is 47.3. The van der Waals surface area contributed by atoms with Gasteiger partial charge in [-0.25, -0.2) is 19.7 Å². The number of carboxylic acids is 1. The summed E-state index contributed by atoms with van der Waals surface area (Å²) in [6, 6.07) is 12.5. The van der Waals surface area contributed by atoms with Crippen LogP contribution in [0.4, 0.5) is 24.7 Å². The van der Waals surface area contributed by atoms with Crippen LogP contribution in [0.25, 0.3) is 0 Å². The van der Waals surface area contributed by atoms with E-state index in [1.807, 2.05) is 6.92 Å². The van der Waals surface area contributed by atoms with Crippen molar-refractivity contribution in [2.75, 3.05) is 10.2 Å². The summed E-state index contributed by atoms with van der Waals surface area (Å²) in [5.41, 5.74) is 0.129. The van der Waals surface area contributed by atoms with Crippen LogP contribution in [0.3, 0.4) is 0 Å². The highest BCUT2D eigenvalue weighted by Gasteiger charge is 2.36. The minimum absolute atomic E-state index is 0.00524. The number of nitrogens with one attached hydrogen (secondary N) is 1. The summed E-state index contributed by atoms with van der Waals surface area (Å²) >= 11 is 0. The highest BCUT2D eigenvalue weighted by molar-refractivity contribution is 6.09. The number of aromatic carboxylic acids is 1. The second-order valence-corrected chi connectivity index (χ2v) is 9.36. The van der Waals surface area contributed by atoms with Gasteiger partial charge < -0.3 is 20.1 Å². The van der Waals surface area contributed by atoms with E-state index in [0.29, 0.717) is 11.4 Å². The molecule has 212 valence electrons. The number of ether oxygens (including phenoxy) is 1. The average molecular weight is 566 g/mol. The molecule has 0 atom stereocenters. The van der Waals surface area contributed by atoms with Gasteiger partial charge in [-0.05, 0) is 68.8 Å². The first-order valence-corrected chi connectivity index (χ1v) is 12.5. The third-order valence-electron chi connectivity index (χ3n) is 5.97. The number of carbonyl (C=O) groups excluding carboxylic acids is 1. The van der Waals surface area contributed by atoms with Crippen LogP contribution in [-0.4, -0.2) is 38.0 Å². The maximum Gasteiger partial charge on any atom is 0.421 e. The molecule has 0 spiro atoms. The Morgan fingerprint density at radius 1 is 1.05 bits per heavy atom. The van der Waals surface area contributed by atoms with Crippen LogP contribution >= 0.6 is 0 Å². The zero-order valence-electron chi connectivity index (χ0n) is 22.3. The molecule has 0 aliphatic rings. The lowest BCUT2D eigenvalue weighted by Crippen LogP contribution is -2.38. The Labute approximate surface area is 233 Å². The smallest absolute Gasteiger partial charge is 0.421 e. The first kappa shape index (κ1) is 29.0. The van der Waals surface area contributed by atoms with E-state index in [1.54, 1.807) is 44.2 Å². The number of nitrogens with zero attached hydrogens (tertiary/aromatic N) is 4. The highest BCUT2D eigenvalue weighted by Crippen LogP contribution is 2.38. The number of hydrogen-bond acceptors (Lipinski definition) is 7. The minimum atomic E-state index is -4.81. The maximum absolute atomic E-state index is 13.9. The van der Waals surface area contributed by atoms with E-state index in [0.717, 1.165) is 17.7 Å². The second-order valence-electron chi connectivity index (χ2n) is 9.36. The molecule has 2 heterocycles. The maximum atomic E-state index is 13.9. The van der Waals surface area contributed by atoms with Crippen molar-refractivity contribution in [1.82, 2.24) is 15.0 Å². The van der Waals surface area contributed by atoms with E-state index in [1.165, 1.54) is 35.8 Å². The van der Waals surface area contributed by atoms with Gasteiger partial charge in [-0.2, -0.15) is 13.2 Å². The Morgan fingerprint density at radius 3 is 2.39 bits per heavy atom. The molecule has 4 rings (SSSR count). The van der Waals surface area contributed by atoms with Crippen molar-refractivity contribution in [3.8, 4) is 11.6 Å². The molecule has 0 aliphatic heterocycles. The SMILES string of the molecule is Cc1ccc(C(=O)N(c2ccc(Oc3ncc(CNc4ccncn4)cc3C(F)(F)F)cc2C(=O)O)C(C)C)cc1. The van der Waals surface area contributed by atoms with E-state index in [9.17, 15) is 27.9 Å². The highest BCUT2D eigenvalue weighted by atomic mass is 19.4. The summed E-state index contributed by atoms with van der Waals surface area (Å²) in [4.78, 5) is 38.5. The number of alkyl halides is 3. The van der Waals surface area contributed by atoms with E-state index in [-0.39, 0.29) is 29.1 Å². The lowest BCUT2D eigenvalue weighted by atomic mass is 10.1. The van der Waals surface area contributed by atoms with Crippen molar-refractivity contribution in [2.24, 2.45) is 0 Å². The molecule has 0 saturated carbocycles. The number of benzene rings is 2. The van der Waals surface area contributed by atoms with Crippen LogP contribution < -0.4 is 15.0 Å². The van der Waals surface area contributed by atoms with E-state index < -0.39 is 35.5 Å². The van der Waals surface area contributed by atoms with Crippen molar-refractivity contribution in [1.29, 1.82) is 0 Å². The number of halogens is 3. The number of hydrogen-bond donors (Lipinski definition) is 2. The molecule has 0 bridgehead atoms. The van der Waals surface area contributed by atoms with Gasteiger partial charge in [0.2, 0.25) is 5.88 Å². The van der Waals surface area contributed by atoms with Crippen molar-refractivity contribution >= 4 is 23.4 Å². The quantitative estimate of drug-likeness (QED) is 0.241. The first-order chi connectivity index (χ1) is 19.4. The summed E-state index contributed by atoms with van der Waals surface area (Å²) in [5, 5.41) is 12.8. The van der Waals surface area contributed by atoms with Crippen LogP contribution in [0.5, 0.6) is 11.6 Å². The summed E-state index contributed by atoms with van der Waals surface area (Å²) in [6.45, 7) is 5.33. The number of rotatable bonds is 9. The molecule has 0 saturated heterocycles. The second kappa shape index (κ2) is 12.0. The number of anilines is 2. The average Bonchev–Trinajstić information content (AvgIpc) is 2.93. The molecule has 2 aromatic carbocycles. The van der Waals surface area contributed by atoms with Gasteiger partial charge in [-0.1, -0.05) is 17.7 Å². The largest absolute Gasteiger partial charge is 0.478 e. The van der Waals surface area contributed by atoms with Gasteiger partial charge in [-0.15, -0.1) is 0 Å². The molecule has 0 radical (unpaired) electrons. The fourth-order valence-corrected chi connectivity index (χ4v) is 3.99. The lowest BCUT2D eigenvalue weighted by molar-refractivity contribution is -0.138. The third kappa shape index (κ3) is 6.96. The minimum Gasteiger partial charge on any atom is -0.478 e. The molecule has 12 heteroatoms. The predicted molar refractivity (Wildman–Crippen MR) is 145 cm³/mol. The van der Waals surface area contributed by atoms with E-state index >= 15 is 0 Å². The van der Waals surface area contributed by atoms with Gasteiger partial charge in [0, 0.05) is 30.5 Å². The molecular weight excluding hydrogens is 539 g/mol. The van der Waals surface area contributed by atoms with Gasteiger partial charge in [0.25, 0.3) is 5.91 Å². The van der Waals surface area contributed by atoms with Gasteiger partial charge in [-0.3, -0.25) is 4.79 Å². The van der Waals surface area contributed by atoms with E-state index in [2.05, 4.69) is 20.3 Å². The standard InChI is InChI=1S/C29H26F3N5O4/c1-17(2)37(27(38)20-6-4-18(3)5-7-20)24-9-8-21(13-22(24)28(39)40)41-26-23(29(30,31)32)12-19(15-35-26)14-34-25-10-11-33-16-36-25/h4-13,15-17H,14H2,1-3H3,(H,39,40)(H,33,34,36). The van der Waals surface area contributed by atoms with Gasteiger partial charge in [0.1, 0.15) is 23.5 Å².